The standard InChI is InChI=1S/C17H20N2O5S/c1-22-9-10-24-12-14-5-8-16(11-19-14)25(18,21)15-6-3-13(4-7-15)17(20)23-2/h3-8,11,18H,9-10,12H2,1-2H3. The van der Waals surface area contributed by atoms with Crippen LogP contribution in [0.15, 0.2) is 52.4 Å². The second-order valence-electron chi connectivity index (χ2n) is 5.10. The van der Waals surface area contributed by atoms with Crippen LogP contribution in [0.2, 0.25) is 0 Å². The van der Waals surface area contributed by atoms with Gasteiger partial charge in [-0.25, -0.2) is 13.8 Å². The Kier molecular flexibility index (Phi) is 6.63. The molecular formula is C17H20N2O5S. The lowest BCUT2D eigenvalue weighted by atomic mass is 10.2. The fraction of sp³-hybridized carbons (Fsp3) is 0.294. The Morgan fingerprint density at radius 3 is 2.32 bits per heavy atom. The Hall–Kier alpha value is -2.29. The van der Waals surface area contributed by atoms with E-state index >= 15 is 0 Å². The Labute approximate surface area is 146 Å². The largest absolute Gasteiger partial charge is 0.465 e. The number of esters is 1. The van der Waals surface area contributed by atoms with E-state index in [9.17, 15) is 9.00 Å². The van der Waals surface area contributed by atoms with E-state index in [4.69, 9.17) is 14.3 Å². The number of methoxy groups -OCH3 is 2. The summed E-state index contributed by atoms with van der Waals surface area (Å²) in [5, 5.41) is 0. The second kappa shape index (κ2) is 8.70. The first-order valence-corrected chi connectivity index (χ1v) is 9.03. The van der Waals surface area contributed by atoms with Crippen molar-refractivity contribution in [1.82, 2.24) is 4.98 Å². The predicted octanol–water partition coefficient (Wildman–Crippen LogP) is 2.50. The number of nitrogens with zero attached hydrogens (tertiary/aromatic N) is 1. The van der Waals surface area contributed by atoms with E-state index in [0.717, 1.165) is 0 Å². The van der Waals surface area contributed by atoms with Gasteiger partial charge in [-0.3, -0.25) is 4.98 Å². The molecule has 0 amide bonds. The summed E-state index contributed by atoms with van der Waals surface area (Å²) in [7, 11) is -0.325. The molecule has 0 radical (unpaired) electrons. The minimum atomic E-state index is -3.21. The van der Waals surface area contributed by atoms with Gasteiger partial charge < -0.3 is 14.2 Å². The smallest absolute Gasteiger partial charge is 0.337 e. The van der Waals surface area contributed by atoms with Gasteiger partial charge in [0.25, 0.3) is 0 Å². The SMILES string of the molecule is COCCOCc1ccc(S(=N)(=O)c2ccc(C(=O)OC)cc2)cn1. The van der Waals surface area contributed by atoms with Crippen LogP contribution in [0.25, 0.3) is 0 Å². The molecular weight excluding hydrogens is 344 g/mol. The summed E-state index contributed by atoms with van der Waals surface area (Å²) in [5.74, 6) is -0.484. The van der Waals surface area contributed by atoms with Gasteiger partial charge in [0.15, 0.2) is 0 Å². The summed E-state index contributed by atoms with van der Waals surface area (Å²) in [6.45, 7) is 1.28. The van der Waals surface area contributed by atoms with Crippen LogP contribution in [0.3, 0.4) is 0 Å². The van der Waals surface area contributed by atoms with Gasteiger partial charge in [-0.1, -0.05) is 0 Å². The third-order valence-corrected chi connectivity index (χ3v) is 5.26. The number of benzene rings is 1. The number of carbonyl (C=O) groups is 1. The Morgan fingerprint density at radius 2 is 1.76 bits per heavy atom. The summed E-state index contributed by atoms with van der Waals surface area (Å²) in [5.41, 5.74) is 1.01. The number of hydrogen-bond donors (Lipinski definition) is 1. The van der Waals surface area contributed by atoms with Gasteiger partial charge in [-0.15, -0.1) is 0 Å². The van der Waals surface area contributed by atoms with E-state index < -0.39 is 15.7 Å². The van der Waals surface area contributed by atoms with Crippen molar-refractivity contribution < 1.29 is 23.2 Å². The topological polar surface area (TPSA) is 98.6 Å². The molecule has 2 aromatic rings. The number of nitrogens with one attached hydrogen (secondary N) is 1. The molecule has 0 saturated heterocycles. The maximum absolute atomic E-state index is 12.8. The van der Waals surface area contributed by atoms with Gasteiger partial charge in [-0.05, 0) is 36.4 Å². The minimum Gasteiger partial charge on any atom is -0.465 e. The molecule has 0 bridgehead atoms. The maximum Gasteiger partial charge on any atom is 0.337 e. The van der Waals surface area contributed by atoms with Crippen LogP contribution < -0.4 is 0 Å². The van der Waals surface area contributed by atoms with Crippen LogP contribution in [0.1, 0.15) is 16.1 Å². The molecule has 0 aliphatic heterocycles. The number of rotatable bonds is 8. The fourth-order valence-corrected chi connectivity index (χ4v) is 3.27. The van der Waals surface area contributed by atoms with Crippen LogP contribution in [-0.4, -0.2) is 42.6 Å². The maximum atomic E-state index is 12.8. The molecule has 1 atom stereocenters. The summed E-state index contributed by atoms with van der Waals surface area (Å²) < 4.78 is 35.9. The van der Waals surface area contributed by atoms with Crippen LogP contribution in [-0.2, 0) is 30.5 Å². The van der Waals surface area contributed by atoms with Crippen LogP contribution in [0, 0.1) is 4.78 Å². The van der Waals surface area contributed by atoms with Crippen LogP contribution >= 0.6 is 0 Å². The quantitative estimate of drug-likeness (QED) is 0.571. The van der Waals surface area contributed by atoms with Crippen molar-refractivity contribution >= 4 is 15.7 Å². The molecule has 2 rings (SSSR count). The van der Waals surface area contributed by atoms with Gasteiger partial charge in [0.1, 0.15) is 9.73 Å². The average Bonchev–Trinajstić information content (AvgIpc) is 2.65. The molecule has 0 saturated carbocycles. The Balaban J connectivity index is 2.12. The number of aromatic nitrogens is 1. The van der Waals surface area contributed by atoms with E-state index in [1.165, 1.54) is 37.6 Å². The average molecular weight is 364 g/mol. The van der Waals surface area contributed by atoms with E-state index in [0.29, 0.717) is 40.9 Å². The highest BCUT2D eigenvalue weighted by molar-refractivity contribution is 7.92. The summed E-state index contributed by atoms with van der Waals surface area (Å²) in [4.78, 5) is 16.2. The number of hydrogen-bond acceptors (Lipinski definition) is 7. The fourth-order valence-electron chi connectivity index (χ4n) is 2.02. The molecule has 1 N–H and O–H groups in total. The normalized spacial score (nSPS) is 13.2. The van der Waals surface area contributed by atoms with Crippen LogP contribution in [0.4, 0.5) is 0 Å². The van der Waals surface area contributed by atoms with Crippen molar-refractivity contribution in [3.8, 4) is 0 Å². The summed E-state index contributed by atoms with van der Waals surface area (Å²) >= 11 is 0. The number of pyridine rings is 1. The lowest BCUT2D eigenvalue weighted by Crippen LogP contribution is -2.05. The van der Waals surface area contributed by atoms with E-state index in [1.807, 2.05) is 0 Å². The van der Waals surface area contributed by atoms with Crippen molar-refractivity contribution in [1.29, 1.82) is 4.78 Å². The molecule has 0 spiro atoms. The molecule has 8 heteroatoms. The molecule has 1 aromatic carbocycles. The first kappa shape index (κ1) is 19.0. The van der Waals surface area contributed by atoms with Crippen molar-refractivity contribution in [2.24, 2.45) is 0 Å². The van der Waals surface area contributed by atoms with E-state index in [2.05, 4.69) is 9.72 Å². The highest BCUT2D eigenvalue weighted by Crippen LogP contribution is 2.22. The van der Waals surface area contributed by atoms with Crippen molar-refractivity contribution in [2.45, 2.75) is 16.4 Å². The minimum absolute atomic E-state index is 0.291. The summed E-state index contributed by atoms with van der Waals surface area (Å²) in [6, 6.07) is 9.24. The van der Waals surface area contributed by atoms with Gasteiger partial charge in [-0.2, -0.15) is 0 Å². The zero-order chi connectivity index (χ0) is 18.3. The first-order valence-electron chi connectivity index (χ1n) is 7.48. The number of carbonyl (C=O) groups excluding carboxylic acids is 1. The molecule has 1 aromatic heterocycles. The molecule has 25 heavy (non-hydrogen) atoms. The number of ether oxygens (including phenoxy) is 3. The summed E-state index contributed by atoms with van der Waals surface area (Å²) in [6.07, 6.45) is 1.42. The molecule has 0 fully saturated rings. The van der Waals surface area contributed by atoms with Crippen LogP contribution in [0.5, 0.6) is 0 Å². The molecule has 1 heterocycles. The molecule has 0 aliphatic rings. The van der Waals surface area contributed by atoms with Gasteiger partial charge in [0.2, 0.25) is 0 Å². The lowest BCUT2D eigenvalue weighted by Gasteiger charge is -2.09. The third kappa shape index (κ3) is 4.85. The highest BCUT2D eigenvalue weighted by Gasteiger charge is 2.15. The van der Waals surface area contributed by atoms with Crippen molar-refractivity contribution in [3.05, 3.63) is 53.9 Å². The molecule has 1 unspecified atom stereocenters. The Bertz CT molecular complexity index is 802. The highest BCUT2D eigenvalue weighted by atomic mass is 32.2. The van der Waals surface area contributed by atoms with Crippen molar-refractivity contribution in [2.75, 3.05) is 27.4 Å². The van der Waals surface area contributed by atoms with Gasteiger partial charge >= 0.3 is 5.97 Å². The second-order valence-corrected chi connectivity index (χ2v) is 7.16. The van der Waals surface area contributed by atoms with E-state index in [1.54, 1.807) is 19.2 Å². The zero-order valence-electron chi connectivity index (χ0n) is 14.1. The zero-order valence-corrected chi connectivity index (χ0v) is 14.9. The lowest BCUT2D eigenvalue weighted by molar-refractivity contribution is 0.0600. The molecule has 7 nitrogen and oxygen atoms in total. The third-order valence-electron chi connectivity index (χ3n) is 3.42. The Morgan fingerprint density at radius 1 is 1.08 bits per heavy atom. The molecule has 134 valence electrons. The molecule has 0 aliphatic carbocycles. The monoisotopic (exact) mass is 364 g/mol. The van der Waals surface area contributed by atoms with Gasteiger partial charge in [0, 0.05) is 13.3 Å². The van der Waals surface area contributed by atoms with Crippen molar-refractivity contribution in [3.63, 3.8) is 0 Å². The first-order chi connectivity index (χ1) is 12.0. The van der Waals surface area contributed by atoms with E-state index in [-0.39, 0.29) is 0 Å². The predicted molar refractivity (Wildman–Crippen MR) is 90.9 cm³/mol. The van der Waals surface area contributed by atoms with Gasteiger partial charge in [0.05, 0.1) is 48.0 Å².